The van der Waals surface area contributed by atoms with Crippen LogP contribution in [0.1, 0.15) is 12.0 Å². The summed E-state index contributed by atoms with van der Waals surface area (Å²) in [5, 5.41) is 17.3. The van der Waals surface area contributed by atoms with E-state index in [0.717, 1.165) is 61.7 Å². The Bertz CT molecular complexity index is 1400. The standard InChI is InChI=1S/C30H31N5O3/c1-36-28-18-26-27(19-29(28)37-17-5-14-35-15-12-32-13-16-35)33-21-22(20-31)30(26)34-23-8-10-25(11-9-23)38-24-6-3-2-4-7-24/h2-4,6-11,18-19,21,32H,5,12-17H2,1H3,(H,33,34). The molecule has 0 radical (unpaired) electrons. The highest BCUT2D eigenvalue weighted by Crippen LogP contribution is 2.37. The number of nitrogens with zero attached hydrogens (tertiary/aromatic N) is 3. The van der Waals surface area contributed by atoms with Gasteiger partial charge in [-0.25, -0.2) is 0 Å². The van der Waals surface area contributed by atoms with E-state index in [4.69, 9.17) is 14.2 Å². The molecule has 3 aromatic carbocycles. The number of benzene rings is 3. The number of rotatable bonds is 10. The van der Waals surface area contributed by atoms with Gasteiger partial charge in [0.25, 0.3) is 0 Å². The SMILES string of the molecule is COc1cc2c(Nc3ccc(Oc4ccccc4)cc3)c(C#N)cnc2cc1OCCCN1CCNCC1. The van der Waals surface area contributed by atoms with Crippen molar-refractivity contribution >= 4 is 22.3 Å². The van der Waals surface area contributed by atoms with Crippen molar-refractivity contribution < 1.29 is 14.2 Å². The first-order chi connectivity index (χ1) is 18.7. The molecule has 8 heteroatoms. The summed E-state index contributed by atoms with van der Waals surface area (Å²) in [4.78, 5) is 6.96. The number of anilines is 2. The number of nitrogens with one attached hydrogen (secondary N) is 2. The minimum absolute atomic E-state index is 0.439. The number of ether oxygens (including phenoxy) is 3. The minimum atomic E-state index is 0.439. The molecule has 8 nitrogen and oxygen atoms in total. The number of aromatic nitrogens is 1. The second kappa shape index (κ2) is 12.3. The third-order valence-electron chi connectivity index (χ3n) is 6.46. The van der Waals surface area contributed by atoms with Gasteiger partial charge < -0.3 is 29.7 Å². The molecule has 0 aliphatic carbocycles. The summed E-state index contributed by atoms with van der Waals surface area (Å²) in [6.45, 7) is 5.82. The Labute approximate surface area is 222 Å². The van der Waals surface area contributed by atoms with E-state index in [9.17, 15) is 5.26 Å². The third kappa shape index (κ3) is 6.14. The van der Waals surface area contributed by atoms with Crippen molar-refractivity contribution in [1.82, 2.24) is 15.2 Å². The van der Waals surface area contributed by atoms with Gasteiger partial charge >= 0.3 is 0 Å². The first kappa shape index (κ1) is 25.3. The summed E-state index contributed by atoms with van der Waals surface area (Å²) in [5.41, 5.74) is 2.64. The maximum atomic E-state index is 9.78. The molecule has 38 heavy (non-hydrogen) atoms. The van der Waals surface area contributed by atoms with Crippen LogP contribution in [0.15, 0.2) is 72.9 Å². The molecule has 1 aliphatic heterocycles. The van der Waals surface area contributed by atoms with Gasteiger partial charge in [0, 0.05) is 56.1 Å². The average Bonchev–Trinajstić information content (AvgIpc) is 2.97. The lowest BCUT2D eigenvalue weighted by atomic mass is 10.1. The highest BCUT2D eigenvalue weighted by atomic mass is 16.5. The fourth-order valence-corrected chi connectivity index (χ4v) is 4.47. The normalized spacial score (nSPS) is 13.6. The van der Waals surface area contributed by atoms with Crippen LogP contribution in [0.3, 0.4) is 0 Å². The summed E-state index contributed by atoms with van der Waals surface area (Å²) >= 11 is 0. The lowest BCUT2D eigenvalue weighted by Gasteiger charge is -2.27. The molecule has 0 bridgehead atoms. The molecular weight excluding hydrogens is 478 g/mol. The highest BCUT2D eigenvalue weighted by molar-refractivity contribution is 5.97. The van der Waals surface area contributed by atoms with Gasteiger partial charge in [0.05, 0.1) is 30.5 Å². The summed E-state index contributed by atoms with van der Waals surface area (Å²) in [6, 6.07) is 23.2. The molecule has 0 amide bonds. The van der Waals surface area contributed by atoms with Gasteiger partial charge in [-0.15, -0.1) is 0 Å². The van der Waals surface area contributed by atoms with Crippen LogP contribution in [0.25, 0.3) is 10.9 Å². The van der Waals surface area contributed by atoms with Crippen molar-refractivity contribution in [3.63, 3.8) is 0 Å². The van der Waals surface area contributed by atoms with E-state index < -0.39 is 0 Å². The molecule has 1 aliphatic rings. The van der Waals surface area contributed by atoms with E-state index in [1.165, 1.54) is 0 Å². The Morgan fingerprint density at radius 2 is 1.76 bits per heavy atom. The first-order valence-electron chi connectivity index (χ1n) is 12.8. The van der Waals surface area contributed by atoms with E-state index in [1.54, 1.807) is 13.3 Å². The summed E-state index contributed by atoms with van der Waals surface area (Å²) in [6.07, 6.45) is 2.51. The smallest absolute Gasteiger partial charge is 0.163 e. The van der Waals surface area contributed by atoms with Crippen molar-refractivity contribution in [2.45, 2.75) is 6.42 Å². The van der Waals surface area contributed by atoms with Crippen LogP contribution in [0.2, 0.25) is 0 Å². The second-order valence-corrected chi connectivity index (χ2v) is 9.04. The Hall–Kier alpha value is -4.32. The molecule has 0 saturated carbocycles. The van der Waals surface area contributed by atoms with Crippen LogP contribution >= 0.6 is 0 Å². The van der Waals surface area contributed by atoms with E-state index in [2.05, 4.69) is 26.6 Å². The number of hydrogen-bond acceptors (Lipinski definition) is 8. The number of pyridine rings is 1. The zero-order chi connectivity index (χ0) is 26.2. The minimum Gasteiger partial charge on any atom is -0.493 e. The van der Waals surface area contributed by atoms with Crippen LogP contribution in [0, 0.1) is 11.3 Å². The van der Waals surface area contributed by atoms with Gasteiger partial charge in [-0.1, -0.05) is 18.2 Å². The van der Waals surface area contributed by atoms with E-state index in [-0.39, 0.29) is 0 Å². The number of hydrogen-bond donors (Lipinski definition) is 2. The molecule has 194 valence electrons. The van der Waals surface area contributed by atoms with E-state index in [1.807, 2.05) is 66.7 Å². The molecule has 1 saturated heterocycles. The Morgan fingerprint density at radius 3 is 2.50 bits per heavy atom. The molecule has 0 unspecified atom stereocenters. The van der Waals surface area contributed by atoms with Crippen molar-refractivity contribution in [2.75, 3.05) is 51.8 Å². The quantitative estimate of drug-likeness (QED) is 0.277. The first-order valence-corrected chi connectivity index (χ1v) is 12.8. The van der Waals surface area contributed by atoms with Crippen LogP contribution in [-0.2, 0) is 0 Å². The van der Waals surface area contributed by atoms with Gasteiger partial charge in [-0.3, -0.25) is 4.98 Å². The molecular formula is C30H31N5O3. The Morgan fingerprint density at radius 1 is 1.00 bits per heavy atom. The maximum absolute atomic E-state index is 9.78. The lowest BCUT2D eigenvalue weighted by Crippen LogP contribution is -2.43. The predicted molar refractivity (Wildman–Crippen MR) is 149 cm³/mol. The molecule has 2 N–H and O–H groups in total. The van der Waals surface area contributed by atoms with Gasteiger partial charge in [0.1, 0.15) is 17.6 Å². The van der Waals surface area contributed by atoms with Gasteiger partial charge in [0.15, 0.2) is 11.5 Å². The monoisotopic (exact) mass is 509 g/mol. The van der Waals surface area contributed by atoms with Crippen LogP contribution < -0.4 is 24.8 Å². The third-order valence-corrected chi connectivity index (χ3v) is 6.46. The fraction of sp³-hybridized carbons (Fsp3) is 0.267. The Kier molecular flexibility index (Phi) is 8.19. The summed E-state index contributed by atoms with van der Waals surface area (Å²) in [5.74, 6) is 2.74. The lowest BCUT2D eigenvalue weighted by molar-refractivity contribution is 0.211. The summed E-state index contributed by atoms with van der Waals surface area (Å²) < 4.78 is 17.6. The topological polar surface area (TPSA) is 91.7 Å². The Balaban J connectivity index is 1.32. The number of methoxy groups -OCH3 is 1. The van der Waals surface area contributed by atoms with Crippen LogP contribution in [-0.4, -0.2) is 56.3 Å². The predicted octanol–water partition coefficient (Wildman–Crippen LogP) is 5.33. The molecule has 4 aromatic rings. The van der Waals surface area contributed by atoms with Crippen molar-refractivity contribution in [3.05, 3.63) is 78.5 Å². The zero-order valence-corrected chi connectivity index (χ0v) is 21.4. The number of piperazine rings is 1. The largest absolute Gasteiger partial charge is 0.493 e. The molecule has 1 fully saturated rings. The fourth-order valence-electron chi connectivity index (χ4n) is 4.47. The van der Waals surface area contributed by atoms with E-state index >= 15 is 0 Å². The molecule has 0 spiro atoms. The number of para-hydroxylation sites is 1. The van der Waals surface area contributed by atoms with Gasteiger partial charge in [-0.2, -0.15) is 5.26 Å². The number of fused-ring (bicyclic) bond motifs is 1. The van der Waals surface area contributed by atoms with E-state index in [0.29, 0.717) is 34.9 Å². The van der Waals surface area contributed by atoms with Crippen molar-refractivity contribution in [2.24, 2.45) is 0 Å². The van der Waals surface area contributed by atoms with Gasteiger partial charge in [0.2, 0.25) is 0 Å². The van der Waals surface area contributed by atoms with Crippen LogP contribution in [0.5, 0.6) is 23.0 Å². The zero-order valence-electron chi connectivity index (χ0n) is 21.4. The van der Waals surface area contributed by atoms with Gasteiger partial charge in [-0.05, 0) is 48.9 Å². The summed E-state index contributed by atoms with van der Waals surface area (Å²) in [7, 11) is 1.62. The molecule has 5 rings (SSSR count). The highest BCUT2D eigenvalue weighted by Gasteiger charge is 2.15. The van der Waals surface area contributed by atoms with Crippen LogP contribution in [0.4, 0.5) is 11.4 Å². The van der Waals surface area contributed by atoms with Crippen molar-refractivity contribution in [3.8, 4) is 29.1 Å². The number of nitriles is 1. The molecule has 2 heterocycles. The maximum Gasteiger partial charge on any atom is 0.163 e. The average molecular weight is 510 g/mol. The van der Waals surface area contributed by atoms with Crippen molar-refractivity contribution in [1.29, 1.82) is 5.26 Å². The second-order valence-electron chi connectivity index (χ2n) is 9.04. The molecule has 0 atom stereocenters. The molecule has 1 aromatic heterocycles.